The summed E-state index contributed by atoms with van der Waals surface area (Å²) < 4.78 is 2.63. The maximum atomic E-state index is 11.8. The van der Waals surface area contributed by atoms with E-state index in [2.05, 4.69) is 0 Å². The molecule has 0 aliphatic heterocycles. The van der Waals surface area contributed by atoms with Gasteiger partial charge in [-0.1, -0.05) is 29.8 Å². The monoisotopic (exact) mass is 230 g/mol. The molecule has 2 aromatic rings. The van der Waals surface area contributed by atoms with Gasteiger partial charge in [0.05, 0.1) is 6.54 Å². The van der Waals surface area contributed by atoms with Crippen LogP contribution in [-0.2, 0) is 13.6 Å². The fourth-order valence-electron chi connectivity index (χ4n) is 1.64. The maximum Gasteiger partial charge on any atom is 0.331 e. The molecular weight excluding hydrogens is 216 g/mol. The van der Waals surface area contributed by atoms with Gasteiger partial charge in [0.25, 0.3) is 5.56 Å². The highest BCUT2D eigenvalue weighted by Crippen LogP contribution is 2.03. The van der Waals surface area contributed by atoms with Gasteiger partial charge in [-0.15, -0.1) is 0 Å². The van der Waals surface area contributed by atoms with Crippen molar-refractivity contribution >= 4 is 0 Å². The lowest BCUT2D eigenvalue weighted by Gasteiger charge is -2.06. The van der Waals surface area contributed by atoms with Crippen LogP contribution in [0, 0.1) is 6.92 Å². The molecule has 0 radical (unpaired) electrons. The van der Waals surface area contributed by atoms with E-state index in [1.807, 2.05) is 31.2 Å². The van der Waals surface area contributed by atoms with Crippen molar-refractivity contribution in [3.05, 3.63) is 68.5 Å². The number of benzene rings is 1. The fourth-order valence-corrected chi connectivity index (χ4v) is 1.64. The van der Waals surface area contributed by atoms with Crippen molar-refractivity contribution in [2.45, 2.75) is 13.5 Å². The van der Waals surface area contributed by atoms with Gasteiger partial charge in [-0.25, -0.2) is 4.79 Å². The van der Waals surface area contributed by atoms with Gasteiger partial charge in [-0.05, 0) is 12.5 Å². The highest BCUT2D eigenvalue weighted by Gasteiger charge is 2.03. The van der Waals surface area contributed by atoms with Crippen LogP contribution in [0.25, 0.3) is 0 Å². The molecule has 0 unspecified atom stereocenters. The molecule has 2 rings (SSSR count). The second kappa shape index (κ2) is 4.41. The molecule has 0 saturated heterocycles. The summed E-state index contributed by atoms with van der Waals surface area (Å²) in [6.45, 7) is 2.31. The van der Waals surface area contributed by atoms with E-state index < -0.39 is 0 Å². The number of hydrogen-bond acceptors (Lipinski definition) is 2. The summed E-state index contributed by atoms with van der Waals surface area (Å²) in [5.74, 6) is 0. The zero-order chi connectivity index (χ0) is 12.4. The van der Waals surface area contributed by atoms with Crippen LogP contribution in [0.2, 0.25) is 0 Å². The van der Waals surface area contributed by atoms with Gasteiger partial charge in [-0.2, -0.15) is 0 Å². The highest BCUT2D eigenvalue weighted by atomic mass is 16.2. The molecule has 0 amide bonds. The molecule has 4 nitrogen and oxygen atoms in total. The van der Waals surface area contributed by atoms with Crippen molar-refractivity contribution in [2.24, 2.45) is 7.05 Å². The number of nitrogens with zero attached hydrogens (tertiary/aromatic N) is 2. The van der Waals surface area contributed by atoms with Crippen LogP contribution in [0.4, 0.5) is 0 Å². The molecule has 0 atom stereocenters. The van der Waals surface area contributed by atoms with Crippen LogP contribution in [0.1, 0.15) is 11.1 Å². The normalized spacial score (nSPS) is 10.5. The Balaban J connectivity index is 2.43. The first-order valence-corrected chi connectivity index (χ1v) is 5.40. The van der Waals surface area contributed by atoms with Crippen molar-refractivity contribution in [1.29, 1.82) is 0 Å². The van der Waals surface area contributed by atoms with Gasteiger partial charge >= 0.3 is 5.69 Å². The molecular formula is C13H14N2O2. The molecule has 88 valence electrons. The maximum absolute atomic E-state index is 11.8. The van der Waals surface area contributed by atoms with E-state index in [9.17, 15) is 9.59 Å². The van der Waals surface area contributed by atoms with Gasteiger partial charge in [0.1, 0.15) is 0 Å². The van der Waals surface area contributed by atoms with E-state index in [4.69, 9.17) is 0 Å². The van der Waals surface area contributed by atoms with E-state index in [1.54, 1.807) is 7.05 Å². The van der Waals surface area contributed by atoms with E-state index in [0.29, 0.717) is 6.54 Å². The Hall–Kier alpha value is -2.10. The second-order valence-electron chi connectivity index (χ2n) is 4.12. The van der Waals surface area contributed by atoms with E-state index in [0.717, 1.165) is 11.1 Å². The quantitative estimate of drug-likeness (QED) is 0.769. The van der Waals surface area contributed by atoms with Crippen LogP contribution in [0.5, 0.6) is 0 Å². The third-order valence-electron chi connectivity index (χ3n) is 2.70. The first-order valence-electron chi connectivity index (χ1n) is 5.40. The number of rotatable bonds is 2. The smallest absolute Gasteiger partial charge is 0.303 e. The second-order valence-corrected chi connectivity index (χ2v) is 4.12. The predicted octanol–water partition coefficient (Wildman–Crippen LogP) is 0.904. The summed E-state index contributed by atoms with van der Waals surface area (Å²) in [5.41, 5.74) is 1.54. The Morgan fingerprint density at radius 3 is 2.35 bits per heavy atom. The number of hydrogen-bond donors (Lipinski definition) is 0. The zero-order valence-corrected chi connectivity index (χ0v) is 9.88. The minimum absolute atomic E-state index is 0.270. The highest BCUT2D eigenvalue weighted by molar-refractivity contribution is 5.21. The van der Waals surface area contributed by atoms with Gasteiger partial charge < -0.3 is 4.57 Å². The Morgan fingerprint density at radius 1 is 1.06 bits per heavy atom. The summed E-state index contributed by atoms with van der Waals surface area (Å²) in [7, 11) is 1.63. The molecule has 0 aliphatic carbocycles. The Bertz CT molecular complexity index is 636. The van der Waals surface area contributed by atoms with Gasteiger partial charge in [0.2, 0.25) is 0 Å². The summed E-state index contributed by atoms with van der Waals surface area (Å²) in [4.78, 5) is 23.4. The topological polar surface area (TPSA) is 44.0 Å². The minimum atomic E-state index is -0.293. The van der Waals surface area contributed by atoms with Crippen LogP contribution < -0.4 is 11.2 Å². The van der Waals surface area contributed by atoms with E-state index in [1.165, 1.54) is 21.4 Å². The largest absolute Gasteiger partial charge is 0.331 e. The van der Waals surface area contributed by atoms with Crippen molar-refractivity contribution in [3.8, 4) is 0 Å². The van der Waals surface area contributed by atoms with E-state index >= 15 is 0 Å². The molecule has 1 aromatic carbocycles. The standard InChI is InChI=1S/C13H14N2O2/c1-10-3-5-11(6-4-10)9-15-12(16)7-8-14(2)13(15)17/h3-8H,9H2,1-2H3. The van der Waals surface area contributed by atoms with Crippen LogP contribution in [0.15, 0.2) is 46.1 Å². The van der Waals surface area contributed by atoms with Crippen LogP contribution in [0.3, 0.4) is 0 Å². The third-order valence-corrected chi connectivity index (χ3v) is 2.70. The van der Waals surface area contributed by atoms with Crippen molar-refractivity contribution in [1.82, 2.24) is 9.13 Å². The zero-order valence-electron chi connectivity index (χ0n) is 9.88. The molecule has 0 saturated carbocycles. The Morgan fingerprint density at radius 2 is 1.71 bits per heavy atom. The molecule has 0 N–H and O–H groups in total. The van der Waals surface area contributed by atoms with Gasteiger partial charge in [0.15, 0.2) is 0 Å². The lowest BCUT2D eigenvalue weighted by Crippen LogP contribution is -2.38. The van der Waals surface area contributed by atoms with Crippen molar-refractivity contribution in [2.75, 3.05) is 0 Å². The minimum Gasteiger partial charge on any atom is -0.303 e. The summed E-state index contributed by atoms with van der Waals surface area (Å²) in [5, 5.41) is 0. The molecule has 1 aromatic heterocycles. The lowest BCUT2D eigenvalue weighted by atomic mass is 10.1. The summed E-state index contributed by atoms with van der Waals surface area (Å²) in [6, 6.07) is 9.18. The summed E-state index contributed by atoms with van der Waals surface area (Å²) in [6.07, 6.45) is 1.48. The molecule has 4 heteroatoms. The molecule has 0 spiro atoms. The molecule has 1 heterocycles. The number of aromatic nitrogens is 2. The third kappa shape index (κ3) is 2.36. The van der Waals surface area contributed by atoms with Crippen molar-refractivity contribution < 1.29 is 0 Å². The molecule has 0 fully saturated rings. The first-order chi connectivity index (χ1) is 8.08. The lowest BCUT2D eigenvalue weighted by molar-refractivity contribution is 0.639. The molecule has 17 heavy (non-hydrogen) atoms. The predicted molar refractivity (Wildman–Crippen MR) is 66.2 cm³/mol. The van der Waals surface area contributed by atoms with Crippen molar-refractivity contribution in [3.63, 3.8) is 0 Å². The van der Waals surface area contributed by atoms with Gasteiger partial charge in [-0.3, -0.25) is 9.36 Å². The number of aryl methyl sites for hydroxylation is 2. The summed E-state index contributed by atoms with van der Waals surface area (Å²) >= 11 is 0. The Labute approximate surface area is 98.8 Å². The van der Waals surface area contributed by atoms with Crippen LogP contribution in [-0.4, -0.2) is 9.13 Å². The first kappa shape index (κ1) is 11.4. The van der Waals surface area contributed by atoms with Gasteiger partial charge in [0, 0.05) is 19.3 Å². The average molecular weight is 230 g/mol. The SMILES string of the molecule is Cc1ccc(Cn2c(=O)ccn(C)c2=O)cc1. The average Bonchev–Trinajstić information content (AvgIpc) is 2.32. The fraction of sp³-hybridized carbons (Fsp3) is 0.231. The van der Waals surface area contributed by atoms with Crippen LogP contribution >= 0.6 is 0 Å². The molecule has 0 bridgehead atoms. The molecule has 0 aliphatic rings. The van der Waals surface area contributed by atoms with E-state index in [-0.39, 0.29) is 11.2 Å². The Kier molecular flexibility index (Phi) is 2.95.